The molecule has 0 radical (unpaired) electrons. The number of carboxylic acid groups (broad SMARTS) is 1. The molecule has 2 aliphatic heterocycles. The lowest BCUT2D eigenvalue weighted by Crippen LogP contribution is -2.68. The minimum absolute atomic E-state index is 0.0314. The highest BCUT2D eigenvalue weighted by Crippen LogP contribution is 2.25. The number of hydrogen-bond donors (Lipinski definition) is 5. The van der Waals surface area contributed by atoms with Gasteiger partial charge in [-0.3, -0.25) is 10.7 Å². The molecule has 2 atom stereocenters. The third-order valence-corrected chi connectivity index (χ3v) is 4.36. The van der Waals surface area contributed by atoms with Gasteiger partial charge in [0.25, 0.3) is 0 Å². The van der Waals surface area contributed by atoms with Gasteiger partial charge >= 0.3 is 5.97 Å². The number of carboxylic acids is 1. The summed E-state index contributed by atoms with van der Waals surface area (Å²) in [7, 11) is 0. The first-order valence-corrected chi connectivity index (χ1v) is 8.27. The van der Waals surface area contributed by atoms with Gasteiger partial charge < -0.3 is 10.2 Å². The van der Waals surface area contributed by atoms with Gasteiger partial charge in [0.15, 0.2) is 5.84 Å². The molecule has 3 rings (SSSR count). The van der Waals surface area contributed by atoms with Crippen LogP contribution in [0, 0.1) is 0 Å². The Hall–Kier alpha value is -2.53. The van der Waals surface area contributed by atoms with Gasteiger partial charge in [-0.05, 0) is 24.6 Å². The van der Waals surface area contributed by atoms with Gasteiger partial charge in [0.1, 0.15) is 6.34 Å². The number of anilines is 1. The number of aliphatic imine (C=N–C) groups is 2. The fourth-order valence-corrected chi connectivity index (χ4v) is 2.79. The van der Waals surface area contributed by atoms with Crippen LogP contribution in [0.5, 0.6) is 0 Å². The number of halogens is 1. The molecule has 1 aromatic rings. The summed E-state index contributed by atoms with van der Waals surface area (Å²) < 4.78 is 0. The molecule has 1 aromatic carbocycles. The van der Waals surface area contributed by atoms with Crippen LogP contribution in [0.2, 0.25) is 5.02 Å². The van der Waals surface area contributed by atoms with E-state index in [1.807, 2.05) is 6.92 Å². The maximum Gasteiger partial charge on any atom is 0.337 e. The van der Waals surface area contributed by atoms with Crippen molar-refractivity contribution >= 4 is 41.6 Å². The van der Waals surface area contributed by atoms with E-state index in [9.17, 15) is 15.0 Å². The molecular formula is C15H18ClN7O3. The number of aromatic carboxylic acids is 1. The van der Waals surface area contributed by atoms with Crippen molar-refractivity contribution in [2.75, 3.05) is 12.0 Å². The Morgan fingerprint density at radius 3 is 3.00 bits per heavy atom. The monoisotopic (exact) mass is 379 g/mol. The normalized spacial score (nSPS) is 22.5. The van der Waals surface area contributed by atoms with E-state index in [4.69, 9.17) is 11.6 Å². The molecule has 2 unspecified atom stereocenters. The highest BCUT2D eigenvalue weighted by molar-refractivity contribution is 6.33. The van der Waals surface area contributed by atoms with E-state index < -0.39 is 11.6 Å². The molecule has 0 aliphatic carbocycles. The Labute approximate surface area is 154 Å². The largest absolute Gasteiger partial charge is 0.478 e. The number of amidine groups is 1. The zero-order valence-electron chi connectivity index (χ0n) is 13.8. The lowest BCUT2D eigenvalue weighted by Gasteiger charge is -2.37. The van der Waals surface area contributed by atoms with Crippen molar-refractivity contribution < 1.29 is 15.0 Å². The Kier molecular flexibility index (Phi) is 5.18. The minimum Gasteiger partial charge on any atom is -0.478 e. The first kappa shape index (κ1) is 18.3. The smallest absolute Gasteiger partial charge is 0.337 e. The highest BCUT2D eigenvalue weighted by Gasteiger charge is 2.48. The minimum atomic E-state index is -1.13. The Morgan fingerprint density at radius 2 is 2.31 bits per heavy atom. The molecule has 0 fully saturated rings. The lowest BCUT2D eigenvalue weighted by atomic mass is 10.1. The average Bonchev–Trinajstić information content (AvgIpc) is 2.99. The van der Waals surface area contributed by atoms with Gasteiger partial charge in [0.05, 0.1) is 29.1 Å². The molecule has 0 saturated heterocycles. The van der Waals surface area contributed by atoms with Crippen molar-refractivity contribution in [2.24, 2.45) is 15.1 Å². The summed E-state index contributed by atoms with van der Waals surface area (Å²) >= 11 is 5.91. The number of rotatable bonds is 7. The van der Waals surface area contributed by atoms with Crippen molar-refractivity contribution in [3.05, 3.63) is 28.8 Å². The van der Waals surface area contributed by atoms with E-state index in [-0.39, 0.29) is 23.2 Å². The fraction of sp³-hybridized carbons (Fsp3) is 0.333. The number of hydrogen-bond acceptors (Lipinski definition) is 9. The van der Waals surface area contributed by atoms with E-state index in [0.717, 1.165) is 0 Å². The molecule has 0 amide bonds. The first-order chi connectivity index (χ1) is 12.5. The van der Waals surface area contributed by atoms with E-state index >= 15 is 0 Å². The summed E-state index contributed by atoms with van der Waals surface area (Å²) in [5.41, 5.74) is 5.20. The second kappa shape index (κ2) is 7.38. The molecule has 10 nitrogen and oxygen atoms in total. The summed E-state index contributed by atoms with van der Waals surface area (Å²) in [6.45, 7) is 1.85. The zero-order valence-corrected chi connectivity index (χ0v) is 14.6. The van der Waals surface area contributed by atoms with E-state index in [2.05, 4.69) is 31.4 Å². The number of aliphatic hydroxyl groups excluding tert-OH is 1. The van der Waals surface area contributed by atoms with Crippen molar-refractivity contribution in [1.29, 1.82) is 0 Å². The Morgan fingerprint density at radius 1 is 1.50 bits per heavy atom. The first-order valence-electron chi connectivity index (χ1n) is 7.89. The third kappa shape index (κ3) is 3.27. The molecule has 0 bridgehead atoms. The van der Waals surface area contributed by atoms with Crippen LogP contribution < -0.4 is 16.3 Å². The fourth-order valence-electron chi connectivity index (χ4n) is 2.59. The predicted octanol–water partition coefficient (Wildman–Crippen LogP) is 0.668. The number of hydrazine groups is 2. The van der Waals surface area contributed by atoms with Crippen LogP contribution in [-0.2, 0) is 0 Å². The van der Waals surface area contributed by atoms with Crippen LogP contribution in [-0.4, -0.2) is 58.0 Å². The van der Waals surface area contributed by atoms with Gasteiger partial charge in [0, 0.05) is 6.04 Å². The number of carbonyl (C=O) groups is 1. The number of fused-ring (bicyclic) bond motifs is 1. The zero-order chi connectivity index (χ0) is 18.7. The maximum absolute atomic E-state index is 11.3. The van der Waals surface area contributed by atoms with Crippen molar-refractivity contribution in [1.82, 2.24) is 16.0 Å². The average molecular weight is 380 g/mol. The molecule has 2 heterocycles. The molecular weight excluding hydrogens is 362 g/mol. The van der Waals surface area contributed by atoms with E-state index in [1.54, 1.807) is 12.3 Å². The van der Waals surface area contributed by atoms with Gasteiger partial charge in [-0.1, -0.05) is 23.6 Å². The summed E-state index contributed by atoms with van der Waals surface area (Å²) in [4.78, 5) is 19.5. The van der Waals surface area contributed by atoms with Crippen LogP contribution in [0.25, 0.3) is 0 Å². The quantitative estimate of drug-likeness (QED) is 0.470. The molecule has 0 saturated carbocycles. The number of aliphatic hydroxyl groups is 1. The second-order valence-electron chi connectivity index (χ2n) is 5.70. The number of benzene rings is 1. The maximum atomic E-state index is 11.3. The van der Waals surface area contributed by atoms with Gasteiger partial charge in [0.2, 0.25) is 5.66 Å². The molecule has 0 aromatic heterocycles. The molecule has 0 spiro atoms. The van der Waals surface area contributed by atoms with Crippen LogP contribution in [0.1, 0.15) is 23.7 Å². The molecule has 26 heavy (non-hydrogen) atoms. The third-order valence-electron chi connectivity index (χ3n) is 4.03. The number of nitrogens with one attached hydrogen (secondary N) is 3. The van der Waals surface area contributed by atoms with Crippen LogP contribution >= 0.6 is 11.6 Å². The van der Waals surface area contributed by atoms with Gasteiger partial charge in [-0.25, -0.2) is 20.3 Å². The standard InChI is InChI=1S/C15H18ClN7O3/c1-2-9(6-24)19-15-7-17-8-18-14(15)20-22-23(15)21-10-3-4-12(16)11(5-10)13(25)26/h3-5,7-9,19,21-22,24H,2,6H2,1H3,(H,25,26). The highest BCUT2D eigenvalue weighted by atomic mass is 35.5. The molecule has 5 N–H and O–H groups in total. The molecule has 138 valence electrons. The Balaban J connectivity index is 1.90. The lowest BCUT2D eigenvalue weighted by molar-refractivity contribution is 0.0697. The summed E-state index contributed by atoms with van der Waals surface area (Å²) in [5, 5.41) is 27.8. The van der Waals surface area contributed by atoms with E-state index in [1.165, 1.54) is 23.6 Å². The number of nitrogens with zero attached hydrogens (tertiary/aromatic N) is 4. The van der Waals surface area contributed by atoms with Gasteiger partial charge in [-0.2, -0.15) is 0 Å². The summed E-state index contributed by atoms with van der Waals surface area (Å²) in [6.07, 6.45) is 3.63. The van der Waals surface area contributed by atoms with Crippen LogP contribution in [0.4, 0.5) is 5.69 Å². The Bertz CT molecular complexity index is 793. The summed E-state index contributed by atoms with van der Waals surface area (Å²) in [6, 6.07) is 4.30. The molecule has 11 heteroatoms. The van der Waals surface area contributed by atoms with Crippen molar-refractivity contribution in [2.45, 2.75) is 25.0 Å². The molecule has 2 aliphatic rings. The predicted molar refractivity (Wildman–Crippen MR) is 98.5 cm³/mol. The van der Waals surface area contributed by atoms with Gasteiger partial charge in [-0.15, -0.1) is 5.10 Å². The number of hydrazone groups is 1. The van der Waals surface area contributed by atoms with E-state index in [0.29, 0.717) is 17.9 Å². The second-order valence-corrected chi connectivity index (χ2v) is 6.11. The summed E-state index contributed by atoms with van der Waals surface area (Å²) in [5.74, 6) is -0.729. The van der Waals surface area contributed by atoms with Crippen LogP contribution in [0.15, 0.2) is 33.3 Å². The topological polar surface area (TPSA) is 134 Å². The van der Waals surface area contributed by atoms with Crippen LogP contribution in [0.3, 0.4) is 0 Å². The van der Waals surface area contributed by atoms with Crippen molar-refractivity contribution in [3.8, 4) is 0 Å². The SMILES string of the molecule is CCC(CO)NC12C=NC=NC1=NNN2Nc1ccc(Cl)c(C(=O)O)c1. The van der Waals surface area contributed by atoms with Crippen molar-refractivity contribution in [3.63, 3.8) is 0 Å².